The van der Waals surface area contributed by atoms with E-state index in [1.54, 1.807) is 11.3 Å². The molecule has 1 aromatic carbocycles. The molecule has 0 saturated carbocycles. The molecular formula is C15H16N2S. The van der Waals surface area contributed by atoms with Crippen LogP contribution in [0, 0.1) is 6.92 Å². The predicted molar refractivity (Wildman–Crippen MR) is 78.9 cm³/mol. The Hall–Kier alpha value is -1.74. The third kappa shape index (κ3) is 2.41. The first-order valence-corrected chi connectivity index (χ1v) is 7.00. The minimum absolute atomic E-state index is 0.955. The quantitative estimate of drug-likeness (QED) is 0.631. The van der Waals surface area contributed by atoms with E-state index in [4.69, 9.17) is 0 Å². The van der Waals surface area contributed by atoms with Crippen molar-refractivity contribution in [3.63, 3.8) is 0 Å². The van der Waals surface area contributed by atoms with Crippen molar-refractivity contribution in [2.24, 2.45) is 0 Å². The molecule has 3 aromatic rings. The summed E-state index contributed by atoms with van der Waals surface area (Å²) in [7, 11) is 0. The molecule has 0 aliphatic rings. The monoisotopic (exact) mass is 256 g/mol. The molecule has 0 amide bonds. The molecule has 3 heteroatoms. The zero-order valence-electron chi connectivity index (χ0n) is 10.8. The lowest BCUT2D eigenvalue weighted by Gasteiger charge is -2.04. The van der Waals surface area contributed by atoms with Crippen molar-refractivity contribution in [2.75, 3.05) is 0 Å². The van der Waals surface area contributed by atoms with Gasteiger partial charge in [0.05, 0.1) is 21.6 Å². The number of hydrogen-bond acceptors (Lipinski definition) is 3. The molecule has 0 fully saturated rings. The van der Waals surface area contributed by atoms with Gasteiger partial charge in [-0.25, -0.2) is 9.97 Å². The second kappa shape index (κ2) is 5.74. The molecule has 0 radical (unpaired) electrons. The van der Waals surface area contributed by atoms with E-state index in [-0.39, 0.29) is 0 Å². The SMILES string of the molecule is CC.Cc1nc2ccccc2nc1-c1cccs1. The molecule has 0 aliphatic heterocycles. The first-order chi connectivity index (χ1) is 8.84. The molecule has 0 unspecified atom stereocenters. The van der Waals surface area contributed by atoms with Crippen molar-refractivity contribution in [3.05, 3.63) is 47.5 Å². The third-order valence-electron chi connectivity index (χ3n) is 2.50. The van der Waals surface area contributed by atoms with Gasteiger partial charge in [0.15, 0.2) is 0 Å². The topological polar surface area (TPSA) is 25.8 Å². The fraction of sp³-hybridized carbons (Fsp3) is 0.200. The van der Waals surface area contributed by atoms with Crippen molar-refractivity contribution in [2.45, 2.75) is 20.8 Å². The molecule has 2 aromatic heterocycles. The number of hydrogen-bond donors (Lipinski definition) is 0. The van der Waals surface area contributed by atoms with Gasteiger partial charge in [0.2, 0.25) is 0 Å². The molecule has 2 heterocycles. The van der Waals surface area contributed by atoms with E-state index < -0.39 is 0 Å². The summed E-state index contributed by atoms with van der Waals surface area (Å²) in [6, 6.07) is 12.1. The highest BCUT2D eigenvalue weighted by molar-refractivity contribution is 7.13. The minimum Gasteiger partial charge on any atom is -0.249 e. The van der Waals surface area contributed by atoms with E-state index in [0.29, 0.717) is 0 Å². The second-order valence-corrected chi connectivity index (χ2v) is 4.57. The van der Waals surface area contributed by atoms with E-state index in [2.05, 4.69) is 21.4 Å². The van der Waals surface area contributed by atoms with Gasteiger partial charge in [-0.2, -0.15) is 0 Å². The Kier molecular flexibility index (Phi) is 4.05. The maximum absolute atomic E-state index is 4.67. The number of para-hydroxylation sites is 2. The summed E-state index contributed by atoms with van der Waals surface area (Å²) in [6.07, 6.45) is 0. The Morgan fingerprint density at radius 3 is 2.17 bits per heavy atom. The van der Waals surface area contributed by atoms with Crippen molar-refractivity contribution in [1.82, 2.24) is 9.97 Å². The maximum atomic E-state index is 4.67. The van der Waals surface area contributed by atoms with Gasteiger partial charge in [-0.1, -0.05) is 32.0 Å². The second-order valence-electron chi connectivity index (χ2n) is 3.62. The first-order valence-electron chi connectivity index (χ1n) is 6.12. The lowest BCUT2D eigenvalue weighted by molar-refractivity contribution is 1.20. The molecule has 0 atom stereocenters. The lowest BCUT2D eigenvalue weighted by atomic mass is 10.2. The van der Waals surface area contributed by atoms with Crippen molar-refractivity contribution in [3.8, 4) is 10.6 Å². The summed E-state index contributed by atoms with van der Waals surface area (Å²) in [5.74, 6) is 0. The highest BCUT2D eigenvalue weighted by Crippen LogP contribution is 2.26. The van der Waals surface area contributed by atoms with Crippen molar-refractivity contribution >= 4 is 22.4 Å². The zero-order chi connectivity index (χ0) is 13.0. The van der Waals surface area contributed by atoms with E-state index in [1.807, 2.05) is 51.1 Å². The molecule has 0 saturated heterocycles. The number of aryl methyl sites for hydroxylation is 1. The van der Waals surface area contributed by atoms with Crippen LogP contribution in [0.4, 0.5) is 0 Å². The van der Waals surface area contributed by atoms with Crippen LogP contribution in [0.5, 0.6) is 0 Å². The number of rotatable bonds is 1. The van der Waals surface area contributed by atoms with Gasteiger partial charge in [0.25, 0.3) is 0 Å². The van der Waals surface area contributed by atoms with Crippen LogP contribution in [0.15, 0.2) is 41.8 Å². The van der Waals surface area contributed by atoms with Crippen LogP contribution in [-0.4, -0.2) is 9.97 Å². The summed E-state index contributed by atoms with van der Waals surface area (Å²) >= 11 is 1.70. The zero-order valence-corrected chi connectivity index (χ0v) is 11.7. The summed E-state index contributed by atoms with van der Waals surface area (Å²) in [5, 5.41) is 2.06. The summed E-state index contributed by atoms with van der Waals surface area (Å²) < 4.78 is 0. The Bertz CT molecular complexity index is 630. The Balaban J connectivity index is 0.000000574. The van der Waals surface area contributed by atoms with Crippen molar-refractivity contribution in [1.29, 1.82) is 0 Å². The first kappa shape index (κ1) is 12.7. The van der Waals surface area contributed by atoms with Gasteiger partial charge >= 0.3 is 0 Å². The Morgan fingerprint density at radius 1 is 0.889 bits per heavy atom. The molecule has 2 nitrogen and oxygen atoms in total. The van der Waals surface area contributed by atoms with E-state index in [9.17, 15) is 0 Å². The van der Waals surface area contributed by atoms with Crippen LogP contribution >= 0.6 is 11.3 Å². The van der Waals surface area contributed by atoms with Crippen LogP contribution in [-0.2, 0) is 0 Å². The summed E-state index contributed by atoms with van der Waals surface area (Å²) in [5.41, 5.74) is 3.90. The molecule has 0 aliphatic carbocycles. The maximum Gasteiger partial charge on any atom is 0.102 e. The van der Waals surface area contributed by atoms with E-state index in [0.717, 1.165) is 22.4 Å². The van der Waals surface area contributed by atoms with E-state index >= 15 is 0 Å². The Labute approximate surface area is 111 Å². The molecule has 92 valence electrons. The minimum atomic E-state index is 0.955. The highest BCUT2D eigenvalue weighted by atomic mass is 32.1. The molecule has 3 rings (SSSR count). The number of fused-ring (bicyclic) bond motifs is 1. The number of benzene rings is 1. The van der Waals surface area contributed by atoms with Gasteiger partial charge in [0.1, 0.15) is 5.69 Å². The van der Waals surface area contributed by atoms with Crippen LogP contribution < -0.4 is 0 Å². The van der Waals surface area contributed by atoms with Gasteiger partial charge in [-0.05, 0) is 30.5 Å². The largest absolute Gasteiger partial charge is 0.249 e. The molecule has 0 spiro atoms. The third-order valence-corrected chi connectivity index (χ3v) is 3.38. The van der Waals surface area contributed by atoms with Crippen molar-refractivity contribution < 1.29 is 0 Å². The number of thiophene rings is 1. The predicted octanol–water partition coefficient (Wildman–Crippen LogP) is 4.69. The highest BCUT2D eigenvalue weighted by Gasteiger charge is 2.07. The van der Waals surface area contributed by atoms with Gasteiger partial charge in [-0.15, -0.1) is 11.3 Å². The summed E-state index contributed by atoms with van der Waals surface area (Å²) in [6.45, 7) is 6.01. The summed E-state index contributed by atoms with van der Waals surface area (Å²) in [4.78, 5) is 10.4. The van der Waals surface area contributed by atoms with Gasteiger partial charge in [-0.3, -0.25) is 0 Å². The molecule has 0 N–H and O–H groups in total. The van der Waals surface area contributed by atoms with Crippen LogP contribution in [0.3, 0.4) is 0 Å². The van der Waals surface area contributed by atoms with E-state index in [1.165, 1.54) is 4.88 Å². The normalized spacial score (nSPS) is 9.94. The van der Waals surface area contributed by atoms with Crippen LogP contribution in [0.2, 0.25) is 0 Å². The average Bonchev–Trinajstić information content (AvgIpc) is 2.94. The standard InChI is InChI=1S/C13H10N2S.C2H6/c1-9-13(12-7-4-8-16-12)15-11-6-3-2-5-10(11)14-9;1-2/h2-8H,1H3;1-2H3. The number of aromatic nitrogens is 2. The van der Waals surface area contributed by atoms with Crippen LogP contribution in [0.1, 0.15) is 19.5 Å². The average molecular weight is 256 g/mol. The molecule has 18 heavy (non-hydrogen) atoms. The van der Waals surface area contributed by atoms with Gasteiger partial charge < -0.3 is 0 Å². The fourth-order valence-electron chi connectivity index (χ4n) is 1.73. The molecule has 0 bridgehead atoms. The Morgan fingerprint density at radius 2 is 1.56 bits per heavy atom. The lowest BCUT2D eigenvalue weighted by Crippen LogP contribution is -1.92. The molecular weight excluding hydrogens is 240 g/mol. The smallest absolute Gasteiger partial charge is 0.102 e. The van der Waals surface area contributed by atoms with Crippen LogP contribution in [0.25, 0.3) is 21.6 Å². The van der Waals surface area contributed by atoms with Gasteiger partial charge in [0, 0.05) is 0 Å². The fourth-order valence-corrected chi connectivity index (χ4v) is 2.50. The number of nitrogens with zero attached hydrogens (tertiary/aromatic N) is 2.